The molecule has 0 saturated heterocycles. The van der Waals surface area contributed by atoms with E-state index in [-0.39, 0.29) is 5.82 Å². The number of anilines is 1. The van der Waals surface area contributed by atoms with E-state index in [9.17, 15) is 4.39 Å². The Morgan fingerprint density at radius 3 is 2.62 bits per heavy atom. The Labute approximate surface area is 121 Å². The van der Waals surface area contributed by atoms with Gasteiger partial charge in [0.1, 0.15) is 5.82 Å². The largest absolute Gasteiger partial charge is 0.398 e. The number of hydrogen-bond donors (Lipinski definition) is 1. The number of nitrogens with two attached hydrogens (primary N) is 1. The van der Waals surface area contributed by atoms with Crippen LogP contribution in [0, 0.1) is 19.7 Å². The van der Waals surface area contributed by atoms with Crippen molar-refractivity contribution in [2.24, 2.45) is 0 Å². The fourth-order valence-electron chi connectivity index (χ4n) is 2.21. The third kappa shape index (κ3) is 2.38. The number of aromatic nitrogens is 2. The van der Waals surface area contributed by atoms with Crippen molar-refractivity contribution in [2.75, 3.05) is 5.73 Å². The van der Waals surface area contributed by atoms with Crippen LogP contribution in [0.2, 0.25) is 0 Å². The Morgan fingerprint density at radius 2 is 1.90 bits per heavy atom. The highest BCUT2D eigenvalue weighted by Gasteiger charge is 2.15. The van der Waals surface area contributed by atoms with Crippen LogP contribution in [0.3, 0.4) is 0 Å². The van der Waals surface area contributed by atoms with Crippen molar-refractivity contribution in [3.8, 4) is 22.8 Å². The topological polar surface area (TPSA) is 64.9 Å². The molecule has 106 valence electrons. The molecule has 2 N–H and O–H groups in total. The first kappa shape index (κ1) is 13.3. The maximum atomic E-state index is 13.3. The summed E-state index contributed by atoms with van der Waals surface area (Å²) in [4.78, 5) is 4.36. The van der Waals surface area contributed by atoms with Gasteiger partial charge in [-0.3, -0.25) is 0 Å². The second kappa shape index (κ2) is 5.01. The van der Waals surface area contributed by atoms with Gasteiger partial charge >= 0.3 is 0 Å². The van der Waals surface area contributed by atoms with Crippen LogP contribution in [0.25, 0.3) is 22.8 Å². The van der Waals surface area contributed by atoms with Crippen LogP contribution < -0.4 is 5.73 Å². The van der Waals surface area contributed by atoms with E-state index in [2.05, 4.69) is 10.1 Å². The average Bonchev–Trinajstić information content (AvgIpc) is 2.91. The number of hydrogen-bond acceptors (Lipinski definition) is 4. The molecule has 0 saturated carbocycles. The number of halogens is 1. The third-order valence-corrected chi connectivity index (χ3v) is 3.36. The fraction of sp³-hybridized carbons (Fsp3) is 0.125. The number of nitrogen functional groups attached to an aromatic ring is 1. The monoisotopic (exact) mass is 283 g/mol. The zero-order valence-electron chi connectivity index (χ0n) is 11.7. The lowest BCUT2D eigenvalue weighted by Crippen LogP contribution is -1.93. The molecule has 3 rings (SSSR count). The van der Waals surface area contributed by atoms with Gasteiger partial charge < -0.3 is 10.3 Å². The smallest absolute Gasteiger partial charge is 0.260 e. The Bertz CT molecular complexity index is 791. The minimum atomic E-state index is -0.259. The van der Waals surface area contributed by atoms with E-state index in [1.54, 1.807) is 25.1 Å². The van der Waals surface area contributed by atoms with Crippen molar-refractivity contribution in [3.63, 3.8) is 0 Å². The second-order valence-electron chi connectivity index (χ2n) is 4.93. The average molecular weight is 283 g/mol. The van der Waals surface area contributed by atoms with Gasteiger partial charge in [0, 0.05) is 11.3 Å². The maximum Gasteiger partial charge on any atom is 0.260 e. The molecule has 1 heterocycles. The Kier molecular flexibility index (Phi) is 3.17. The highest BCUT2D eigenvalue weighted by Crippen LogP contribution is 2.29. The Balaban J connectivity index is 2.06. The predicted octanol–water partition coefficient (Wildman–Crippen LogP) is 3.74. The van der Waals surface area contributed by atoms with Gasteiger partial charge in [0.05, 0.1) is 5.56 Å². The van der Waals surface area contributed by atoms with Crippen LogP contribution in [-0.2, 0) is 0 Å². The van der Waals surface area contributed by atoms with Crippen LogP contribution in [0.4, 0.5) is 10.1 Å². The molecule has 0 aliphatic carbocycles. The van der Waals surface area contributed by atoms with Crippen LogP contribution in [-0.4, -0.2) is 10.1 Å². The zero-order valence-corrected chi connectivity index (χ0v) is 11.7. The standard InChI is InChI=1S/C16H14FN3O/c1-9-4-3-5-13(18)14(9)16-19-15(20-21-16)11-6-7-12(17)10(2)8-11/h3-8H,18H2,1-2H3. The van der Waals surface area contributed by atoms with Crippen molar-refractivity contribution >= 4 is 5.69 Å². The summed E-state index contributed by atoms with van der Waals surface area (Å²) in [5.74, 6) is 0.518. The molecule has 0 aliphatic heterocycles. The first-order valence-corrected chi connectivity index (χ1v) is 6.52. The van der Waals surface area contributed by atoms with Crippen LogP contribution in [0.1, 0.15) is 11.1 Å². The van der Waals surface area contributed by atoms with Crippen molar-refractivity contribution in [1.82, 2.24) is 10.1 Å². The molecule has 0 fully saturated rings. The Hall–Kier alpha value is -2.69. The number of benzene rings is 2. The maximum absolute atomic E-state index is 13.3. The summed E-state index contributed by atoms with van der Waals surface area (Å²) in [6, 6.07) is 10.3. The summed E-state index contributed by atoms with van der Waals surface area (Å²) in [5.41, 5.74) is 9.48. The molecule has 0 spiro atoms. The van der Waals surface area contributed by atoms with E-state index in [0.717, 1.165) is 11.1 Å². The van der Waals surface area contributed by atoms with Crippen molar-refractivity contribution in [3.05, 3.63) is 53.3 Å². The van der Waals surface area contributed by atoms with E-state index in [1.807, 2.05) is 19.1 Å². The quantitative estimate of drug-likeness (QED) is 0.727. The lowest BCUT2D eigenvalue weighted by molar-refractivity contribution is 0.432. The first-order chi connectivity index (χ1) is 10.1. The van der Waals surface area contributed by atoms with Gasteiger partial charge in [-0.05, 0) is 49.2 Å². The summed E-state index contributed by atoms with van der Waals surface area (Å²) < 4.78 is 18.6. The van der Waals surface area contributed by atoms with Gasteiger partial charge in [-0.15, -0.1) is 0 Å². The molecule has 0 radical (unpaired) electrons. The molecule has 3 aromatic rings. The van der Waals surface area contributed by atoms with Crippen LogP contribution in [0.15, 0.2) is 40.9 Å². The van der Waals surface area contributed by atoms with Gasteiger partial charge in [0.25, 0.3) is 5.89 Å². The molecule has 1 aromatic heterocycles. The van der Waals surface area contributed by atoms with E-state index in [4.69, 9.17) is 10.3 Å². The number of aryl methyl sites for hydroxylation is 2. The first-order valence-electron chi connectivity index (χ1n) is 6.52. The van der Waals surface area contributed by atoms with Crippen LogP contribution in [0.5, 0.6) is 0 Å². The molecule has 0 atom stereocenters. The lowest BCUT2D eigenvalue weighted by atomic mass is 10.1. The molecular weight excluding hydrogens is 269 g/mol. The summed E-state index contributed by atoms with van der Waals surface area (Å²) >= 11 is 0. The zero-order chi connectivity index (χ0) is 15.0. The highest BCUT2D eigenvalue weighted by molar-refractivity contribution is 5.74. The molecular formula is C16H14FN3O. The molecule has 2 aromatic carbocycles. The normalized spacial score (nSPS) is 10.8. The predicted molar refractivity (Wildman–Crippen MR) is 79.0 cm³/mol. The minimum absolute atomic E-state index is 0.259. The van der Waals surface area contributed by atoms with E-state index < -0.39 is 0 Å². The van der Waals surface area contributed by atoms with Crippen LogP contribution >= 0.6 is 0 Å². The molecule has 0 aliphatic rings. The minimum Gasteiger partial charge on any atom is -0.398 e. The van der Waals surface area contributed by atoms with Crippen molar-refractivity contribution in [1.29, 1.82) is 0 Å². The van der Waals surface area contributed by atoms with Gasteiger partial charge in [0.15, 0.2) is 0 Å². The van der Waals surface area contributed by atoms with Crippen molar-refractivity contribution < 1.29 is 8.91 Å². The highest BCUT2D eigenvalue weighted by atomic mass is 19.1. The third-order valence-electron chi connectivity index (χ3n) is 3.36. The van der Waals surface area contributed by atoms with Crippen molar-refractivity contribution in [2.45, 2.75) is 13.8 Å². The van der Waals surface area contributed by atoms with E-state index in [0.29, 0.717) is 28.5 Å². The summed E-state index contributed by atoms with van der Waals surface area (Å²) in [6.45, 7) is 3.62. The second-order valence-corrected chi connectivity index (χ2v) is 4.93. The number of rotatable bonds is 2. The summed E-state index contributed by atoms with van der Waals surface area (Å²) in [7, 11) is 0. The Morgan fingerprint density at radius 1 is 1.10 bits per heavy atom. The summed E-state index contributed by atoms with van der Waals surface area (Å²) in [5, 5.41) is 3.95. The van der Waals surface area contributed by atoms with Gasteiger partial charge in [0.2, 0.25) is 5.82 Å². The molecule has 21 heavy (non-hydrogen) atoms. The lowest BCUT2D eigenvalue weighted by Gasteiger charge is -2.03. The van der Waals surface area contributed by atoms with E-state index >= 15 is 0 Å². The summed E-state index contributed by atoms with van der Waals surface area (Å²) in [6.07, 6.45) is 0. The number of nitrogens with zero attached hydrogens (tertiary/aromatic N) is 2. The molecule has 4 nitrogen and oxygen atoms in total. The van der Waals surface area contributed by atoms with Gasteiger partial charge in [-0.25, -0.2) is 4.39 Å². The van der Waals surface area contributed by atoms with Gasteiger partial charge in [-0.2, -0.15) is 4.98 Å². The molecule has 0 unspecified atom stereocenters. The molecule has 5 heteroatoms. The SMILES string of the molecule is Cc1cc(-c2noc(-c3c(C)cccc3N)n2)ccc1F. The molecule has 0 bridgehead atoms. The fourth-order valence-corrected chi connectivity index (χ4v) is 2.21. The van der Waals surface area contributed by atoms with Gasteiger partial charge in [-0.1, -0.05) is 17.3 Å². The van der Waals surface area contributed by atoms with E-state index in [1.165, 1.54) is 6.07 Å². The molecule has 0 amide bonds.